The molecule has 1 saturated carbocycles. The molecule has 0 aromatic heterocycles. The average Bonchev–Trinajstić information content (AvgIpc) is 2.72. The molecule has 0 saturated heterocycles. The highest BCUT2D eigenvalue weighted by molar-refractivity contribution is 5.99. The topological polar surface area (TPSA) is 113 Å². The molecule has 1 aliphatic carbocycles. The first-order valence-electron chi connectivity index (χ1n) is 9.30. The lowest BCUT2D eigenvalue weighted by Gasteiger charge is -2.22. The Hall–Kier alpha value is -3.22. The van der Waals surface area contributed by atoms with Crippen molar-refractivity contribution in [2.75, 3.05) is 12.3 Å². The van der Waals surface area contributed by atoms with E-state index in [1.54, 1.807) is 12.1 Å². The van der Waals surface area contributed by atoms with Gasteiger partial charge in [0.1, 0.15) is 5.69 Å². The first-order chi connectivity index (χ1) is 13.5. The highest BCUT2D eigenvalue weighted by atomic mass is 16.6. The Morgan fingerprint density at radius 2 is 1.68 bits per heavy atom. The molecule has 0 spiro atoms. The van der Waals surface area contributed by atoms with Gasteiger partial charge < -0.3 is 10.5 Å². The summed E-state index contributed by atoms with van der Waals surface area (Å²) in [7, 11) is 0. The summed E-state index contributed by atoms with van der Waals surface area (Å²) in [5.74, 6) is -0.583. The van der Waals surface area contributed by atoms with Crippen molar-refractivity contribution in [1.29, 1.82) is 0 Å². The Labute approximate surface area is 162 Å². The van der Waals surface area contributed by atoms with E-state index >= 15 is 0 Å². The van der Waals surface area contributed by atoms with Crippen LogP contribution in [0.2, 0.25) is 0 Å². The van der Waals surface area contributed by atoms with Gasteiger partial charge in [0, 0.05) is 11.6 Å². The third-order valence-electron chi connectivity index (χ3n) is 5.11. The number of nitrogens with zero attached hydrogens (tertiary/aromatic N) is 1. The minimum absolute atomic E-state index is 0.0265. The summed E-state index contributed by atoms with van der Waals surface area (Å²) >= 11 is 0. The lowest BCUT2D eigenvalue weighted by Crippen LogP contribution is -2.15. The summed E-state index contributed by atoms with van der Waals surface area (Å²) in [6.45, 7) is -0.431. The van der Waals surface area contributed by atoms with Crippen LogP contribution in [0.3, 0.4) is 0 Å². The molecule has 0 heterocycles. The molecule has 2 N–H and O–H groups in total. The molecule has 1 aliphatic rings. The number of rotatable bonds is 6. The fourth-order valence-electron chi connectivity index (χ4n) is 3.50. The first-order valence-corrected chi connectivity index (χ1v) is 9.30. The van der Waals surface area contributed by atoms with E-state index in [1.807, 2.05) is 12.1 Å². The maximum Gasteiger partial charge on any atom is 0.338 e. The number of hydrogen-bond acceptors (Lipinski definition) is 6. The maximum atomic E-state index is 12.3. The van der Waals surface area contributed by atoms with Crippen molar-refractivity contribution in [2.45, 2.75) is 38.0 Å². The Morgan fingerprint density at radius 1 is 1.04 bits per heavy atom. The number of anilines is 1. The van der Waals surface area contributed by atoms with Crippen molar-refractivity contribution in [2.24, 2.45) is 0 Å². The maximum absolute atomic E-state index is 12.3. The van der Waals surface area contributed by atoms with Gasteiger partial charge in [-0.3, -0.25) is 14.9 Å². The first kappa shape index (κ1) is 19.5. The van der Waals surface area contributed by atoms with Crippen LogP contribution in [0.25, 0.3) is 0 Å². The standard InChI is InChI=1S/C21H22N2O5/c22-18-11-10-17(12-19(18)23(26)27)21(25)28-13-20(24)16-8-6-15(7-9-16)14-4-2-1-3-5-14/h6-12,14H,1-5,13,22H2. The van der Waals surface area contributed by atoms with E-state index in [-0.39, 0.29) is 22.7 Å². The van der Waals surface area contributed by atoms with Gasteiger partial charge in [0.25, 0.3) is 5.69 Å². The second kappa shape index (κ2) is 8.65. The smallest absolute Gasteiger partial charge is 0.338 e. The van der Waals surface area contributed by atoms with Gasteiger partial charge in [-0.05, 0) is 36.5 Å². The zero-order valence-corrected chi connectivity index (χ0v) is 15.4. The van der Waals surface area contributed by atoms with E-state index in [2.05, 4.69) is 0 Å². The molecular weight excluding hydrogens is 360 g/mol. The molecule has 7 nitrogen and oxygen atoms in total. The van der Waals surface area contributed by atoms with Crippen molar-refractivity contribution in [3.8, 4) is 0 Å². The second-order valence-electron chi connectivity index (χ2n) is 6.99. The molecule has 1 fully saturated rings. The number of carbonyl (C=O) groups is 2. The number of hydrogen-bond donors (Lipinski definition) is 1. The predicted octanol–water partition coefficient (Wildman–Crippen LogP) is 4.26. The Balaban J connectivity index is 1.60. The van der Waals surface area contributed by atoms with Gasteiger partial charge in [0.05, 0.1) is 10.5 Å². The van der Waals surface area contributed by atoms with Crippen molar-refractivity contribution in [3.05, 3.63) is 69.3 Å². The van der Waals surface area contributed by atoms with Gasteiger partial charge >= 0.3 is 5.97 Å². The van der Waals surface area contributed by atoms with E-state index in [0.717, 1.165) is 6.07 Å². The molecule has 7 heteroatoms. The molecule has 0 unspecified atom stereocenters. The number of benzene rings is 2. The Morgan fingerprint density at radius 3 is 2.32 bits per heavy atom. The third kappa shape index (κ3) is 4.54. The largest absolute Gasteiger partial charge is 0.454 e. The van der Waals surface area contributed by atoms with E-state index in [1.165, 1.54) is 49.8 Å². The summed E-state index contributed by atoms with van der Waals surface area (Å²) in [6, 6.07) is 11.1. The SMILES string of the molecule is Nc1ccc(C(=O)OCC(=O)c2ccc(C3CCCCC3)cc2)cc1[N+](=O)[O-]. The molecule has 146 valence electrons. The van der Waals surface area contributed by atoms with E-state index in [0.29, 0.717) is 11.5 Å². The van der Waals surface area contributed by atoms with Crippen LogP contribution in [0.1, 0.15) is 64.3 Å². The molecule has 28 heavy (non-hydrogen) atoms. The molecular formula is C21H22N2O5. The Kier molecular flexibility index (Phi) is 6.03. The zero-order chi connectivity index (χ0) is 20.1. The lowest BCUT2D eigenvalue weighted by atomic mass is 9.84. The number of Topliss-reactive ketones (excluding diaryl/α,β-unsaturated/α-hetero) is 1. The number of nitro groups is 1. The molecule has 2 aromatic rings. The number of ether oxygens (including phenoxy) is 1. The molecule has 2 aromatic carbocycles. The number of carbonyl (C=O) groups excluding carboxylic acids is 2. The molecule has 0 radical (unpaired) electrons. The van der Waals surface area contributed by atoms with Gasteiger partial charge in [0.15, 0.2) is 12.4 Å². The zero-order valence-electron chi connectivity index (χ0n) is 15.4. The molecule has 0 aliphatic heterocycles. The number of ketones is 1. The number of nitrogens with two attached hydrogens (primary N) is 1. The van der Waals surface area contributed by atoms with Crippen LogP contribution < -0.4 is 5.73 Å². The predicted molar refractivity (Wildman–Crippen MR) is 104 cm³/mol. The fraction of sp³-hybridized carbons (Fsp3) is 0.333. The van der Waals surface area contributed by atoms with Crippen molar-refractivity contribution < 1.29 is 19.2 Å². The van der Waals surface area contributed by atoms with Crippen LogP contribution in [0, 0.1) is 10.1 Å². The third-order valence-corrected chi connectivity index (χ3v) is 5.11. The van der Waals surface area contributed by atoms with Gasteiger partial charge in [-0.2, -0.15) is 0 Å². The second-order valence-corrected chi connectivity index (χ2v) is 6.99. The minimum Gasteiger partial charge on any atom is -0.454 e. The van der Waals surface area contributed by atoms with Crippen LogP contribution in [0.4, 0.5) is 11.4 Å². The van der Waals surface area contributed by atoms with Gasteiger partial charge in [-0.25, -0.2) is 4.79 Å². The fourth-order valence-corrected chi connectivity index (χ4v) is 3.50. The minimum atomic E-state index is -0.810. The highest BCUT2D eigenvalue weighted by Gasteiger charge is 2.19. The quantitative estimate of drug-likeness (QED) is 0.262. The lowest BCUT2D eigenvalue weighted by molar-refractivity contribution is -0.383. The van der Waals surface area contributed by atoms with Crippen LogP contribution in [-0.2, 0) is 4.74 Å². The van der Waals surface area contributed by atoms with Crippen LogP contribution >= 0.6 is 0 Å². The van der Waals surface area contributed by atoms with Gasteiger partial charge in [0.2, 0.25) is 0 Å². The highest BCUT2D eigenvalue weighted by Crippen LogP contribution is 2.32. The van der Waals surface area contributed by atoms with E-state index < -0.39 is 17.5 Å². The van der Waals surface area contributed by atoms with Crippen molar-refractivity contribution >= 4 is 23.1 Å². The van der Waals surface area contributed by atoms with Crippen LogP contribution in [0.5, 0.6) is 0 Å². The average molecular weight is 382 g/mol. The van der Waals surface area contributed by atoms with E-state index in [4.69, 9.17) is 10.5 Å². The molecule has 0 bridgehead atoms. The number of esters is 1. The summed E-state index contributed by atoms with van der Waals surface area (Å²) in [5.41, 5.74) is 6.77. The summed E-state index contributed by atoms with van der Waals surface area (Å²) in [6.07, 6.45) is 6.13. The number of nitrogen functional groups attached to an aromatic ring is 1. The monoisotopic (exact) mass is 382 g/mol. The molecule has 0 amide bonds. The van der Waals surface area contributed by atoms with E-state index in [9.17, 15) is 19.7 Å². The van der Waals surface area contributed by atoms with Crippen molar-refractivity contribution in [1.82, 2.24) is 0 Å². The molecule has 3 rings (SSSR count). The number of nitro benzene ring substituents is 1. The normalized spacial score (nSPS) is 14.4. The van der Waals surface area contributed by atoms with Gasteiger partial charge in [-0.15, -0.1) is 0 Å². The summed E-state index contributed by atoms with van der Waals surface area (Å²) in [5, 5.41) is 10.9. The molecule has 0 atom stereocenters. The van der Waals surface area contributed by atoms with Gasteiger partial charge in [-0.1, -0.05) is 43.5 Å². The van der Waals surface area contributed by atoms with Crippen LogP contribution in [-0.4, -0.2) is 23.3 Å². The summed E-state index contributed by atoms with van der Waals surface area (Å²) in [4.78, 5) is 34.6. The van der Waals surface area contributed by atoms with Crippen molar-refractivity contribution in [3.63, 3.8) is 0 Å². The summed E-state index contributed by atoms with van der Waals surface area (Å²) < 4.78 is 5.01. The Bertz CT molecular complexity index is 886. The van der Waals surface area contributed by atoms with Crippen LogP contribution in [0.15, 0.2) is 42.5 Å².